The van der Waals surface area contributed by atoms with Gasteiger partial charge in [-0.1, -0.05) is 24.3 Å². The van der Waals surface area contributed by atoms with Crippen LogP contribution < -0.4 is 15.0 Å². The molecule has 168 valence electrons. The molecule has 6 nitrogen and oxygen atoms in total. The fourth-order valence-electron chi connectivity index (χ4n) is 3.87. The van der Waals surface area contributed by atoms with Crippen LogP contribution in [-0.4, -0.2) is 55.1 Å². The van der Waals surface area contributed by atoms with Crippen molar-refractivity contribution in [3.8, 4) is 17.0 Å². The van der Waals surface area contributed by atoms with Crippen molar-refractivity contribution in [1.82, 2.24) is 9.88 Å². The monoisotopic (exact) mass is 450 g/mol. The number of aryl methyl sites for hydroxylation is 2. The van der Waals surface area contributed by atoms with Gasteiger partial charge in [0, 0.05) is 37.1 Å². The molecule has 1 amide bonds. The van der Waals surface area contributed by atoms with Gasteiger partial charge in [0.05, 0.1) is 24.5 Å². The lowest BCUT2D eigenvalue weighted by atomic mass is 10.1. The molecule has 4 rings (SSSR count). The third kappa shape index (κ3) is 5.29. The fraction of sp³-hybridized carbons (Fsp3) is 0.360. The molecule has 0 spiro atoms. The molecule has 2 aromatic carbocycles. The second kappa shape index (κ2) is 10.1. The van der Waals surface area contributed by atoms with Gasteiger partial charge in [0.15, 0.2) is 5.13 Å². The Morgan fingerprint density at radius 2 is 1.88 bits per heavy atom. The number of hydrogen-bond acceptors (Lipinski definition) is 6. The van der Waals surface area contributed by atoms with Crippen molar-refractivity contribution in [2.24, 2.45) is 0 Å². The zero-order valence-electron chi connectivity index (χ0n) is 18.9. The van der Waals surface area contributed by atoms with Crippen LogP contribution in [0.3, 0.4) is 0 Å². The van der Waals surface area contributed by atoms with Gasteiger partial charge in [-0.2, -0.15) is 0 Å². The lowest BCUT2D eigenvalue weighted by molar-refractivity contribution is -0.117. The molecule has 0 radical (unpaired) electrons. The van der Waals surface area contributed by atoms with Gasteiger partial charge < -0.3 is 15.0 Å². The number of nitrogens with one attached hydrogen (secondary N) is 1. The highest BCUT2D eigenvalue weighted by Crippen LogP contribution is 2.29. The first-order chi connectivity index (χ1) is 15.5. The number of carbonyl (C=O) groups is 1. The van der Waals surface area contributed by atoms with Crippen molar-refractivity contribution in [3.63, 3.8) is 0 Å². The van der Waals surface area contributed by atoms with Crippen molar-refractivity contribution >= 4 is 28.1 Å². The summed E-state index contributed by atoms with van der Waals surface area (Å²) in [6, 6.07) is 14.5. The van der Waals surface area contributed by atoms with Crippen molar-refractivity contribution in [2.75, 3.05) is 49.5 Å². The highest BCUT2D eigenvalue weighted by Gasteiger charge is 2.21. The van der Waals surface area contributed by atoms with Crippen molar-refractivity contribution in [1.29, 1.82) is 0 Å². The van der Waals surface area contributed by atoms with E-state index in [1.165, 1.54) is 22.5 Å². The van der Waals surface area contributed by atoms with E-state index in [1.807, 2.05) is 30.5 Å². The summed E-state index contributed by atoms with van der Waals surface area (Å²) in [6.45, 7) is 10.6. The molecule has 1 aliphatic rings. The zero-order chi connectivity index (χ0) is 22.5. The molecule has 1 aliphatic heterocycles. The standard InChI is InChI=1S/C25H30N4O2S/c1-4-31-23-8-6-5-7-22(23)29-13-11-28(12-14-29)16-24(30)27-25-26-21(17-32-25)20-10-9-18(2)19(3)15-20/h5-10,15,17H,4,11-14,16H2,1-3H3,(H,26,27,30). The Kier molecular flexibility index (Phi) is 7.07. The molecule has 0 aliphatic carbocycles. The molecule has 2 heterocycles. The first-order valence-corrected chi connectivity index (χ1v) is 11.9. The summed E-state index contributed by atoms with van der Waals surface area (Å²) in [5.41, 5.74) is 5.60. The van der Waals surface area contributed by atoms with Gasteiger partial charge in [0.1, 0.15) is 5.75 Å². The SMILES string of the molecule is CCOc1ccccc1N1CCN(CC(=O)Nc2nc(-c3ccc(C)c(C)c3)cs2)CC1. The Bertz CT molecular complexity index is 1070. The largest absolute Gasteiger partial charge is 0.492 e. The number of amides is 1. The third-order valence-electron chi connectivity index (χ3n) is 5.80. The maximum Gasteiger partial charge on any atom is 0.240 e. The van der Waals surface area contributed by atoms with Gasteiger partial charge in [0.2, 0.25) is 5.91 Å². The molecule has 0 bridgehead atoms. The van der Waals surface area contributed by atoms with Gasteiger partial charge in [-0.3, -0.25) is 9.69 Å². The van der Waals surface area contributed by atoms with Gasteiger partial charge >= 0.3 is 0 Å². The minimum absolute atomic E-state index is 0.0193. The van der Waals surface area contributed by atoms with Crippen LogP contribution in [0.5, 0.6) is 5.75 Å². The number of piperazine rings is 1. The second-order valence-corrected chi connectivity index (χ2v) is 8.91. The first-order valence-electron chi connectivity index (χ1n) is 11.1. The molecule has 1 fully saturated rings. The number of rotatable bonds is 7. The number of hydrogen-bond donors (Lipinski definition) is 1. The Hall–Kier alpha value is -2.90. The highest BCUT2D eigenvalue weighted by molar-refractivity contribution is 7.14. The minimum Gasteiger partial charge on any atom is -0.492 e. The van der Waals surface area contributed by atoms with E-state index < -0.39 is 0 Å². The smallest absolute Gasteiger partial charge is 0.240 e. The van der Waals surface area contributed by atoms with Gasteiger partial charge in [0.25, 0.3) is 0 Å². The fourth-order valence-corrected chi connectivity index (χ4v) is 4.61. The van der Waals surface area contributed by atoms with Crippen LogP contribution >= 0.6 is 11.3 Å². The van der Waals surface area contributed by atoms with E-state index in [0.29, 0.717) is 18.3 Å². The van der Waals surface area contributed by atoms with E-state index in [1.54, 1.807) is 0 Å². The maximum atomic E-state index is 12.6. The second-order valence-electron chi connectivity index (χ2n) is 8.05. The topological polar surface area (TPSA) is 57.7 Å². The number of ether oxygens (including phenoxy) is 1. The molecule has 1 aromatic heterocycles. The highest BCUT2D eigenvalue weighted by atomic mass is 32.1. The van der Waals surface area contributed by atoms with Gasteiger partial charge in [-0.25, -0.2) is 4.98 Å². The number of thiazole rings is 1. The number of carbonyl (C=O) groups excluding carboxylic acids is 1. The maximum absolute atomic E-state index is 12.6. The van der Waals surface area contributed by atoms with Crippen LogP contribution in [0.25, 0.3) is 11.3 Å². The minimum atomic E-state index is -0.0193. The first kappa shape index (κ1) is 22.3. The summed E-state index contributed by atoms with van der Waals surface area (Å²) < 4.78 is 5.77. The molecule has 1 saturated heterocycles. The summed E-state index contributed by atoms with van der Waals surface area (Å²) in [5.74, 6) is 0.902. The van der Waals surface area contributed by atoms with Gasteiger partial charge in [-0.15, -0.1) is 11.3 Å². The number of benzene rings is 2. The predicted octanol–water partition coefficient (Wildman–Crippen LogP) is 4.59. The molecular weight excluding hydrogens is 420 g/mol. The van der Waals surface area contributed by atoms with Crippen LogP contribution in [0.1, 0.15) is 18.1 Å². The van der Waals surface area contributed by atoms with Crippen LogP contribution in [0.4, 0.5) is 10.8 Å². The van der Waals surface area contributed by atoms with Crippen molar-refractivity contribution < 1.29 is 9.53 Å². The predicted molar refractivity (Wildman–Crippen MR) is 132 cm³/mol. The molecule has 0 saturated carbocycles. The molecule has 1 N–H and O–H groups in total. The normalized spacial score (nSPS) is 14.4. The van der Waals surface area contributed by atoms with Crippen molar-refractivity contribution in [3.05, 3.63) is 59.0 Å². The number of anilines is 2. The Balaban J connectivity index is 1.30. The van der Waals surface area contributed by atoms with Crippen LogP contribution in [0.15, 0.2) is 47.8 Å². The summed E-state index contributed by atoms with van der Waals surface area (Å²) >= 11 is 1.46. The summed E-state index contributed by atoms with van der Waals surface area (Å²) in [4.78, 5) is 21.7. The molecule has 0 unspecified atom stereocenters. The van der Waals surface area contributed by atoms with E-state index in [-0.39, 0.29) is 5.91 Å². The number of nitrogens with zero attached hydrogens (tertiary/aromatic N) is 3. The average Bonchev–Trinajstić information content (AvgIpc) is 3.25. The van der Waals surface area contributed by atoms with Crippen LogP contribution in [0.2, 0.25) is 0 Å². The van der Waals surface area contributed by atoms with E-state index in [0.717, 1.165) is 48.9 Å². The Labute approximate surface area is 193 Å². The zero-order valence-corrected chi connectivity index (χ0v) is 19.7. The lowest BCUT2D eigenvalue weighted by Crippen LogP contribution is -2.48. The molecule has 3 aromatic rings. The van der Waals surface area contributed by atoms with E-state index in [2.05, 4.69) is 58.2 Å². The van der Waals surface area contributed by atoms with Crippen LogP contribution in [-0.2, 0) is 4.79 Å². The quantitative estimate of drug-likeness (QED) is 0.571. The van der Waals surface area contributed by atoms with E-state index in [4.69, 9.17) is 4.74 Å². The third-order valence-corrected chi connectivity index (χ3v) is 6.56. The van der Waals surface area contributed by atoms with Crippen LogP contribution in [0, 0.1) is 13.8 Å². The average molecular weight is 451 g/mol. The molecular formula is C25H30N4O2S. The Morgan fingerprint density at radius 3 is 2.62 bits per heavy atom. The van der Waals surface area contributed by atoms with Gasteiger partial charge in [-0.05, 0) is 50.1 Å². The molecule has 7 heteroatoms. The molecule has 0 atom stereocenters. The van der Waals surface area contributed by atoms with E-state index in [9.17, 15) is 4.79 Å². The Morgan fingerprint density at radius 1 is 1.09 bits per heavy atom. The lowest BCUT2D eigenvalue weighted by Gasteiger charge is -2.36. The summed E-state index contributed by atoms with van der Waals surface area (Å²) in [6.07, 6.45) is 0. The summed E-state index contributed by atoms with van der Waals surface area (Å²) in [7, 11) is 0. The molecule has 32 heavy (non-hydrogen) atoms. The summed E-state index contributed by atoms with van der Waals surface area (Å²) in [5, 5.41) is 5.61. The van der Waals surface area contributed by atoms with E-state index >= 15 is 0 Å². The number of aromatic nitrogens is 1. The van der Waals surface area contributed by atoms with Crippen molar-refractivity contribution in [2.45, 2.75) is 20.8 Å². The number of para-hydroxylation sites is 2.